The monoisotopic (exact) mass is 723 g/mol. The van der Waals surface area contributed by atoms with Crippen LogP contribution in [-0.4, -0.2) is 25.2 Å². The summed E-state index contributed by atoms with van der Waals surface area (Å²) in [4.78, 5) is 24.8. The average molecular weight is 723 g/mol. The molecule has 0 aliphatic rings. The van der Waals surface area contributed by atoms with Crippen molar-refractivity contribution in [3.63, 3.8) is 0 Å². The minimum atomic E-state index is -0.135. The largest absolute Gasteiger partial charge is 0.338 e. The van der Waals surface area contributed by atoms with E-state index in [9.17, 15) is 9.59 Å². The first-order valence-electron chi connectivity index (χ1n) is 22.1. The molecule has 0 unspecified atom stereocenters. The molecule has 0 fully saturated rings. The highest BCUT2D eigenvalue weighted by Crippen LogP contribution is 2.12. The van der Waals surface area contributed by atoms with E-state index in [0.717, 1.165) is 36.8 Å². The molecule has 0 saturated carbocycles. The molecule has 6 heteroatoms. The third-order valence-corrected chi connectivity index (χ3v) is 9.95. The molecule has 0 aromatic heterocycles. The Labute approximate surface area is 321 Å². The fraction of sp³-hybridized carbons (Fsp3) is 0.739. The van der Waals surface area contributed by atoms with Crippen molar-refractivity contribution in [1.82, 2.24) is 21.3 Å². The molecule has 0 atom stereocenters. The van der Waals surface area contributed by atoms with Crippen LogP contribution in [0.5, 0.6) is 0 Å². The molecule has 1 aromatic rings. The van der Waals surface area contributed by atoms with Crippen molar-refractivity contribution >= 4 is 12.1 Å². The van der Waals surface area contributed by atoms with Crippen molar-refractivity contribution in [2.45, 2.75) is 207 Å². The van der Waals surface area contributed by atoms with Crippen molar-refractivity contribution in [3.05, 3.63) is 59.7 Å². The van der Waals surface area contributed by atoms with E-state index in [2.05, 4.69) is 59.4 Å². The van der Waals surface area contributed by atoms with E-state index >= 15 is 0 Å². The summed E-state index contributed by atoms with van der Waals surface area (Å²) in [6, 6.07) is 7.69. The van der Waals surface area contributed by atoms with E-state index in [4.69, 9.17) is 0 Å². The molecule has 0 spiro atoms. The molecule has 298 valence electrons. The Morgan fingerprint density at radius 1 is 0.404 bits per heavy atom. The Hall–Kier alpha value is -2.76. The van der Waals surface area contributed by atoms with Crippen LogP contribution >= 0.6 is 0 Å². The summed E-state index contributed by atoms with van der Waals surface area (Å²) in [5.74, 6) is 0. The van der Waals surface area contributed by atoms with Gasteiger partial charge in [0.25, 0.3) is 0 Å². The number of allylic oxidation sites excluding steroid dienone is 4. The summed E-state index contributed by atoms with van der Waals surface area (Å²) in [6.45, 7) is 6.83. The van der Waals surface area contributed by atoms with Gasteiger partial charge >= 0.3 is 12.1 Å². The predicted octanol–water partition coefficient (Wildman–Crippen LogP) is 13.4. The molecule has 4 N–H and O–H groups in total. The summed E-state index contributed by atoms with van der Waals surface area (Å²) in [5.41, 5.74) is 2.03. The standard InChI is InChI=1S/C46H82N4O2/c1-3-5-7-9-11-13-15-17-19-21-23-25-27-29-31-35-39-47-45(51)49-41-43-37-33-34-38-44(43)42-50-46(52)48-40-36-32-30-28-26-24-22-20-18-16-14-12-10-8-6-4-2/h17-20,33-34,37-38H,3-16,21-32,35-36,39-42H2,1-2H3,(H2,47,49,51)(H2,48,50,52). The van der Waals surface area contributed by atoms with Gasteiger partial charge in [0.05, 0.1) is 0 Å². The lowest BCUT2D eigenvalue weighted by Gasteiger charge is -2.13. The van der Waals surface area contributed by atoms with Gasteiger partial charge in [0, 0.05) is 26.2 Å². The molecule has 6 nitrogen and oxygen atoms in total. The first-order chi connectivity index (χ1) is 25.7. The maximum Gasteiger partial charge on any atom is 0.315 e. The fourth-order valence-electron chi connectivity index (χ4n) is 6.53. The first kappa shape index (κ1) is 47.3. The minimum Gasteiger partial charge on any atom is -0.338 e. The maximum absolute atomic E-state index is 12.4. The topological polar surface area (TPSA) is 82.3 Å². The predicted molar refractivity (Wildman–Crippen MR) is 226 cm³/mol. The first-order valence-corrected chi connectivity index (χ1v) is 22.1. The van der Waals surface area contributed by atoms with E-state index < -0.39 is 0 Å². The van der Waals surface area contributed by atoms with E-state index in [1.54, 1.807) is 0 Å². The number of carbonyl (C=O) groups is 2. The lowest BCUT2D eigenvalue weighted by atomic mass is 10.1. The lowest BCUT2D eigenvalue weighted by molar-refractivity contribution is 0.239. The van der Waals surface area contributed by atoms with Crippen LogP contribution in [0.3, 0.4) is 0 Å². The molecule has 52 heavy (non-hydrogen) atoms. The second kappa shape index (κ2) is 38.0. The SMILES string of the molecule is CCCCCCCCC=CCCCCCCCCNC(=O)NCc1ccccc1CNC(=O)NCCCCCCCCC=CCCCCCCCC. The van der Waals surface area contributed by atoms with Crippen molar-refractivity contribution in [2.75, 3.05) is 13.1 Å². The number of amides is 4. The Morgan fingerprint density at radius 2 is 0.692 bits per heavy atom. The average Bonchev–Trinajstić information content (AvgIpc) is 3.15. The zero-order valence-electron chi connectivity index (χ0n) is 34.1. The van der Waals surface area contributed by atoms with Crippen LogP contribution in [0.2, 0.25) is 0 Å². The van der Waals surface area contributed by atoms with Crippen molar-refractivity contribution in [3.8, 4) is 0 Å². The Balaban J connectivity index is 1.98. The van der Waals surface area contributed by atoms with Crippen LogP contribution < -0.4 is 21.3 Å². The lowest BCUT2D eigenvalue weighted by Crippen LogP contribution is -2.37. The molecule has 0 heterocycles. The summed E-state index contributed by atoms with van der Waals surface area (Å²) in [5, 5.41) is 12.0. The highest BCUT2D eigenvalue weighted by molar-refractivity contribution is 5.74. The minimum absolute atomic E-state index is 0.135. The van der Waals surface area contributed by atoms with Gasteiger partial charge < -0.3 is 21.3 Å². The Bertz CT molecular complexity index is 929. The number of urea groups is 2. The third-order valence-electron chi connectivity index (χ3n) is 9.95. The number of rotatable bonds is 36. The van der Waals surface area contributed by atoms with Gasteiger partial charge in [-0.3, -0.25) is 0 Å². The van der Waals surface area contributed by atoms with E-state index in [1.807, 2.05) is 24.3 Å². The van der Waals surface area contributed by atoms with Crippen LogP contribution in [0.25, 0.3) is 0 Å². The molecule has 0 aliphatic heterocycles. The molecule has 0 radical (unpaired) electrons. The number of nitrogens with one attached hydrogen (secondary N) is 4. The van der Waals surface area contributed by atoms with Gasteiger partial charge in [0.15, 0.2) is 0 Å². The molecule has 0 saturated heterocycles. The van der Waals surface area contributed by atoms with Crippen LogP contribution in [0.15, 0.2) is 48.6 Å². The van der Waals surface area contributed by atoms with Gasteiger partial charge in [-0.15, -0.1) is 0 Å². The molecule has 4 amide bonds. The molecule has 1 rings (SSSR count). The number of benzene rings is 1. The quantitative estimate of drug-likeness (QED) is 0.0411. The summed E-state index contributed by atoms with van der Waals surface area (Å²) < 4.78 is 0. The zero-order valence-corrected chi connectivity index (χ0v) is 34.1. The summed E-state index contributed by atoms with van der Waals surface area (Å²) >= 11 is 0. The van der Waals surface area contributed by atoms with Gasteiger partial charge in [-0.1, -0.05) is 178 Å². The molecule has 0 aliphatic carbocycles. The number of carbonyl (C=O) groups excluding carboxylic acids is 2. The summed E-state index contributed by atoms with van der Waals surface area (Å²) in [7, 11) is 0. The van der Waals surface area contributed by atoms with Crippen LogP contribution in [-0.2, 0) is 13.1 Å². The highest BCUT2D eigenvalue weighted by Gasteiger charge is 2.07. The normalized spacial score (nSPS) is 11.4. The highest BCUT2D eigenvalue weighted by atomic mass is 16.2. The van der Waals surface area contributed by atoms with Gasteiger partial charge in [0.2, 0.25) is 0 Å². The fourth-order valence-corrected chi connectivity index (χ4v) is 6.53. The van der Waals surface area contributed by atoms with Crippen molar-refractivity contribution in [2.24, 2.45) is 0 Å². The number of hydrogen-bond donors (Lipinski definition) is 4. The molecular weight excluding hydrogens is 641 g/mol. The third kappa shape index (κ3) is 31.9. The smallest absolute Gasteiger partial charge is 0.315 e. The molecular formula is C46H82N4O2. The maximum atomic E-state index is 12.4. The van der Waals surface area contributed by atoms with Gasteiger partial charge in [-0.25, -0.2) is 9.59 Å². The van der Waals surface area contributed by atoms with Crippen LogP contribution in [0.1, 0.15) is 205 Å². The molecule has 0 bridgehead atoms. The second-order valence-corrected chi connectivity index (χ2v) is 14.9. The van der Waals surface area contributed by atoms with E-state index in [0.29, 0.717) is 26.2 Å². The van der Waals surface area contributed by atoms with Crippen LogP contribution in [0, 0.1) is 0 Å². The van der Waals surface area contributed by atoms with Gasteiger partial charge in [-0.05, 0) is 75.3 Å². The van der Waals surface area contributed by atoms with E-state index in [1.165, 1.54) is 154 Å². The van der Waals surface area contributed by atoms with Crippen molar-refractivity contribution < 1.29 is 9.59 Å². The zero-order chi connectivity index (χ0) is 37.4. The van der Waals surface area contributed by atoms with E-state index in [-0.39, 0.29) is 12.1 Å². The van der Waals surface area contributed by atoms with Gasteiger partial charge in [-0.2, -0.15) is 0 Å². The summed E-state index contributed by atoms with van der Waals surface area (Å²) in [6.07, 6.45) is 45.4. The van der Waals surface area contributed by atoms with Crippen LogP contribution in [0.4, 0.5) is 9.59 Å². The van der Waals surface area contributed by atoms with Gasteiger partial charge in [0.1, 0.15) is 0 Å². The number of hydrogen-bond acceptors (Lipinski definition) is 2. The van der Waals surface area contributed by atoms with Crippen molar-refractivity contribution in [1.29, 1.82) is 0 Å². The second-order valence-electron chi connectivity index (χ2n) is 14.9. The molecule has 1 aromatic carbocycles. The Kier molecular flexibility index (Phi) is 34.5. The number of unbranched alkanes of at least 4 members (excludes halogenated alkanes) is 24. The Morgan fingerprint density at radius 3 is 1.02 bits per heavy atom.